The van der Waals surface area contributed by atoms with Gasteiger partial charge in [0.2, 0.25) is 0 Å². The summed E-state index contributed by atoms with van der Waals surface area (Å²) < 4.78 is 37.5. The molecule has 10 N–H and O–H groups in total. The van der Waals surface area contributed by atoms with Crippen molar-refractivity contribution in [2.75, 3.05) is 98.9 Å². The SMILES string of the molecule is C=CCN1CC[C@]23c4c5ccc(O)c4OC2C(N)CC[C@@]3(O)[C@H]1C5.C=CCN1CC[C@]23c4c5ccc(O)c4OC2C(NCCCC)CC[C@@]3(O)[C@H]1C5.C=CCN1CC[C@]23c4c5ccc(O)c4OC2C(NCCCCCCOCCOCCN(C)CCC(Oc2ccc(C)cc2)c2ccccc2)CC[C@@]3(O)[C@H]1C5.CCCC. The molecule has 3 spiro atoms. The lowest BCUT2D eigenvalue weighted by molar-refractivity contribution is -0.189. The van der Waals surface area contributed by atoms with E-state index in [4.69, 9.17) is 34.2 Å². The minimum atomic E-state index is -0.880. The summed E-state index contributed by atoms with van der Waals surface area (Å²) >= 11 is 0. The van der Waals surface area contributed by atoms with E-state index in [1.807, 2.05) is 54.6 Å². The van der Waals surface area contributed by atoms with E-state index in [1.165, 1.54) is 40.7 Å². The number of nitrogens with two attached hydrogens (primary N) is 1. The molecule has 6 bridgehead atoms. The van der Waals surface area contributed by atoms with E-state index in [2.05, 4.69) is 121 Å². The van der Waals surface area contributed by atoms with E-state index in [0.29, 0.717) is 43.5 Å². The van der Waals surface area contributed by atoms with Crippen LogP contribution in [0.4, 0.5) is 0 Å². The van der Waals surface area contributed by atoms with Gasteiger partial charge < -0.3 is 80.3 Å². The molecule has 5 aromatic carbocycles. The molecule has 6 heterocycles. The van der Waals surface area contributed by atoms with Gasteiger partial charge >= 0.3 is 0 Å². The summed E-state index contributed by atoms with van der Waals surface area (Å²) in [6.07, 6.45) is 25.0. The number of hydrogen-bond donors (Lipinski definition) is 9. The molecule has 12 aliphatic rings. The quantitative estimate of drug-likeness (QED) is 0.0148. The number of unbranched alkanes of at least 4 members (excludes halogenated alkanes) is 5. The van der Waals surface area contributed by atoms with E-state index in [9.17, 15) is 30.6 Å². The Hall–Kier alpha value is -6.56. The molecule has 19 heteroatoms. The lowest BCUT2D eigenvalue weighted by Gasteiger charge is -2.64. The van der Waals surface area contributed by atoms with Gasteiger partial charge in [-0.05, 0) is 196 Å². The smallest absolute Gasteiger partial charge is 0.165 e. The Morgan fingerprint density at radius 1 is 0.523 bits per heavy atom. The molecule has 0 aromatic heterocycles. The van der Waals surface area contributed by atoms with Crippen molar-refractivity contribution < 1.29 is 59.1 Å². The van der Waals surface area contributed by atoms with E-state index < -0.39 is 33.0 Å². The van der Waals surface area contributed by atoms with Crippen LogP contribution in [0.15, 0.2) is 129 Å². The summed E-state index contributed by atoms with van der Waals surface area (Å²) in [5.74, 6) is 3.27. The number of aliphatic hydroxyl groups is 3. The molecule has 6 aliphatic carbocycles. The van der Waals surface area contributed by atoms with Crippen LogP contribution in [0.5, 0.6) is 40.2 Å². The molecule has 5 aromatic rings. The van der Waals surface area contributed by atoms with E-state index in [1.54, 1.807) is 18.2 Å². The summed E-state index contributed by atoms with van der Waals surface area (Å²) in [5, 5.41) is 76.0. The number of rotatable bonds is 31. The Morgan fingerprint density at radius 3 is 1.43 bits per heavy atom. The number of nitrogens with one attached hydrogen (secondary N) is 2. The van der Waals surface area contributed by atoms with Crippen LogP contribution in [-0.4, -0.2) is 221 Å². The maximum Gasteiger partial charge on any atom is 0.165 e. The standard InChI is InChI=1S/C46H63N3O6.C23H32N2O3.C19H24N2O3.C4H10/c1-4-25-49-27-23-45-42-36-16-19-39(50)43(42)55-44(45)38(20-22-46(45,51)41(49)33-36)47-24-10-5-6-11-29-52-31-32-53-30-28-48(3)26-21-40(35-12-8-7-9-13-35)54-37-17-14-34(2)15-18-37;1-3-5-11-24-16-8-9-23(27)18-14-15-6-7-17(26)20-19(15)22(23,21(16)28-20)10-13-25(18)12-4-2;1-2-8-21-9-7-18-15-11-3-4-13(22)16(15)24-17(18)12(20)5-6-19(18,23)14(21)10-11;1-3-4-2/h4,7-9,12-19,38,40-41,44,47,50-51H,1,5-6,10-11,20-33H2,2-3H3;4,6-7,16,18,21,24,26-27H,2-3,5,8-14H2,1H3;2-4,12,14,17,22-23H,1,5-10,20H2;3-4H2,1-2H3/t38?,40?,41-,44?,45+,46-;16?,18-,21?,22+,23-;12?,14-,17?,18+,19-;/m111./s1. The molecular weight excluding hydrogens is 1400 g/mol. The first kappa shape index (κ1) is 81.0. The molecule has 604 valence electrons. The molecular formula is C92H129N7O12. The zero-order valence-corrected chi connectivity index (χ0v) is 67.0. The second-order valence-corrected chi connectivity index (χ2v) is 34.2. The Bertz CT molecular complexity index is 4020. The number of benzene rings is 5. The molecule has 111 heavy (non-hydrogen) atoms. The van der Waals surface area contributed by atoms with Crippen LogP contribution in [0, 0.1) is 6.92 Å². The minimum absolute atomic E-state index is 0.00243. The number of nitrogens with zero attached hydrogens (tertiary/aromatic N) is 4. The average Bonchev–Trinajstić information content (AvgIpc) is 1.57. The van der Waals surface area contributed by atoms with Gasteiger partial charge in [0.1, 0.15) is 30.2 Å². The normalized spacial score (nSPS) is 31.7. The highest BCUT2D eigenvalue weighted by atomic mass is 16.5. The third-order valence-electron chi connectivity index (χ3n) is 28.1. The Labute approximate surface area is 660 Å². The highest BCUT2D eigenvalue weighted by Crippen LogP contribution is 2.69. The van der Waals surface area contributed by atoms with Crippen molar-refractivity contribution in [2.24, 2.45) is 5.73 Å². The maximum atomic E-state index is 12.5. The molecule has 0 radical (unpaired) electrons. The first-order valence-corrected chi connectivity index (χ1v) is 42.5. The van der Waals surface area contributed by atoms with Crippen molar-refractivity contribution in [3.05, 3.63) is 173 Å². The molecule has 3 saturated carbocycles. The third-order valence-corrected chi connectivity index (χ3v) is 28.1. The number of phenols is 3. The monoisotopic (exact) mass is 1520 g/mol. The van der Waals surface area contributed by atoms with Crippen LogP contribution in [0.1, 0.15) is 187 Å². The van der Waals surface area contributed by atoms with Crippen molar-refractivity contribution in [3.63, 3.8) is 0 Å². The van der Waals surface area contributed by atoms with Gasteiger partial charge in [-0.3, -0.25) is 14.7 Å². The molecule has 17 rings (SSSR count). The molecule has 7 unspecified atom stereocenters. The van der Waals surface area contributed by atoms with Crippen LogP contribution >= 0.6 is 0 Å². The fourth-order valence-electron chi connectivity index (χ4n) is 22.7. The first-order chi connectivity index (χ1) is 53.8. The van der Waals surface area contributed by atoms with Gasteiger partial charge in [-0.25, -0.2) is 0 Å². The number of piperidine rings is 3. The molecule has 19 nitrogen and oxygen atoms in total. The van der Waals surface area contributed by atoms with Gasteiger partial charge in [-0.1, -0.05) is 137 Å². The Morgan fingerprint density at radius 2 is 0.964 bits per heavy atom. The number of likely N-dealkylation sites (N-methyl/N-ethyl adjacent to an activating group) is 1. The predicted octanol–water partition coefficient (Wildman–Crippen LogP) is 12.1. The lowest BCUT2D eigenvalue weighted by atomic mass is 9.48. The minimum Gasteiger partial charge on any atom is -0.504 e. The predicted molar refractivity (Wildman–Crippen MR) is 437 cm³/mol. The average molecular weight is 1530 g/mol. The highest BCUT2D eigenvalue weighted by molar-refractivity contribution is 5.65. The molecule has 6 fully saturated rings. The van der Waals surface area contributed by atoms with Crippen molar-refractivity contribution in [2.45, 2.75) is 256 Å². The largest absolute Gasteiger partial charge is 0.504 e. The summed E-state index contributed by atoms with van der Waals surface area (Å²) in [6, 6.07) is 30.5. The fourth-order valence-corrected chi connectivity index (χ4v) is 22.7. The Kier molecular flexibility index (Phi) is 25.2. The van der Waals surface area contributed by atoms with Gasteiger partial charge in [0.05, 0.1) is 52.9 Å². The van der Waals surface area contributed by atoms with Crippen LogP contribution < -0.4 is 35.3 Å². The van der Waals surface area contributed by atoms with Crippen molar-refractivity contribution in [1.29, 1.82) is 0 Å². The summed E-state index contributed by atoms with van der Waals surface area (Å²) in [7, 11) is 2.14. The summed E-state index contributed by atoms with van der Waals surface area (Å²) in [4.78, 5) is 9.45. The number of phenolic OH excluding ortho intramolecular Hbond substituents is 3. The second-order valence-electron chi connectivity index (χ2n) is 34.2. The highest BCUT2D eigenvalue weighted by Gasteiger charge is 2.76. The van der Waals surface area contributed by atoms with Crippen molar-refractivity contribution in [1.82, 2.24) is 30.2 Å². The van der Waals surface area contributed by atoms with Crippen LogP contribution in [-0.2, 0) is 45.0 Å². The third kappa shape index (κ3) is 14.4. The lowest BCUT2D eigenvalue weighted by Crippen LogP contribution is -2.78. The van der Waals surface area contributed by atoms with Crippen molar-refractivity contribution >= 4 is 0 Å². The number of aryl methyl sites for hydroxylation is 1. The van der Waals surface area contributed by atoms with Crippen LogP contribution in [0.3, 0.4) is 0 Å². The van der Waals surface area contributed by atoms with E-state index in [-0.39, 0.29) is 77.9 Å². The molecule has 0 amide bonds. The van der Waals surface area contributed by atoms with Gasteiger partial charge in [-0.15, -0.1) is 19.7 Å². The molecule has 16 atom stereocenters. The van der Waals surface area contributed by atoms with Gasteiger partial charge in [0.15, 0.2) is 34.5 Å². The zero-order valence-electron chi connectivity index (χ0n) is 67.0. The molecule has 6 aliphatic heterocycles. The van der Waals surface area contributed by atoms with Gasteiger partial charge in [0, 0.05) is 98.7 Å². The molecule has 3 saturated heterocycles. The van der Waals surface area contributed by atoms with Gasteiger partial charge in [0.25, 0.3) is 0 Å². The maximum absolute atomic E-state index is 12.5. The van der Waals surface area contributed by atoms with E-state index in [0.717, 1.165) is 210 Å². The topological polar surface area (TPSA) is 240 Å². The first-order valence-electron chi connectivity index (χ1n) is 42.5. The van der Waals surface area contributed by atoms with Gasteiger partial charge in [-0.2, -0.15) is 0 Å². The van der Waals surface area contributed by atoms with Crippen molar-refractivity contribution in [3.8, 4) is 40.2 Å². The number of ether oxygens (including phenoxy) is 6. The fraction of sp³-hybridized carbons (Fsp3) is 0.609. The summed E-state index contributed by atoms with van der Waals surface area (Å²) in [5.41, 5.74) is 11.7. The zero-order chi connectivity index (χ0) is 77.9. The Balaban J connectivity index is 0.000000151. The van der Waals surface area contributed by atoms with Crippen LogP contribution in [0.25, 0.3) is 0 Å². The van der Waals surface area contributed by atoms with E-state index >= 15 is 0 Å². The van der Waals surface area contributed by atoms with Crippen LogP contribution in [0.2, 0.25) is 0 Å². The second kappa shape index (κ2) is 34.5. The summed E-state index contributed by atoms with van der Waals surface area (Å²) in [6.45, 7) is 31.8. The number of likely N-dealkylation sites (tertiary alicyclic amines) is 3. The number of aromatic hydroxyl groups is 3. The number of hydrogen-bond acceptors (Lipinski definition) is 19.